The third-order valence-electron chi connectivity index (χ3n) is 2.48. The van der Waals surface area contributed by atoms with Crippen molar-refractivity contribution in [2.75, 3.05) is 0 Å². The number of nitriles is 1. The van der Waals surface area contributed by atoms with Crippen LogP contribution < -0.4 is 4.74 Å². The minimum Gasteiger partial charge on any atom is -0.476 e. The third kappa shape index (κ3) is 2.93. The van der Waals surface area contributed by atoms with E-state index in [0.29, 0.717) is 0 Å². The Balaban J connectivity index is 2.48. The Morgan fingerprint density at radius 1 is 1.38 bits per heavy atom. The van der Waals surface area contributed by atoms with Crippen LogP contribution in [0.5, 0.6) is 11.5 Å². The van der Waals surface area contributed by atoms with Gasteiger partial charge in [-0.3, -0.25) is 10.1 Å². The largest absolute Gasteiger partial charge is 0.476 e. The van der Waals surface area contributed by atoms with Gasteiger partial charge in [0, 0.05) is 12.3 Å². The molecule has 8 heteroatoms. The number of aromatic carboxylic acids is 1. The van der Waals surface area contributed by atoms with Crippen LogP contribution >= 0.6 is 0 Å². The number of rotatable bonds is 4. The molecule has 1 N–H and O–H groups in total. The van der Waals surface area contributed by atoms with Crippen molar-refractivity contribution in [3.05, 3.63) is 57.9 Å². The van der Waals surface area contributed by atoms with Crippen LogP contribution in [0.1, 0.15) is 16.1 Å². The number of hydrogen-bond donors (Lipinski definition) is 1. The average molecular weight is 285 g/mol. The summed E-state index contributed by atoms with van der Waals surface area (Å²) in [5, 5.41) is 28.7. The molecule has 0 radical (unpaired) electrons. The Labute approximate surface area is 118 Å². The van der Waals surface area contributed by atoms with Crippen LogP contribution in [-0.2, 0) is 0 Å². The van der Waals surface area contributed by atoms with E-state index in [1.165, 1.54) is 30.5 Å². The van der Waals surface area contributed by atoms with Crippen molar-refractivity contribution in [3.8, 4) is 17.6 Å². The molecule has 0 unspecified atom stereocenters. The molecule has 8 nitrogen and oxygen atoms in total. The standard InChI is InChI=1S/C13H7N3O5/c14-7-8-3-4-10(9(6-8)16(19)20)21-11-2-1-5-15-12(11)13(17)18/h1-6H,(H,17,18). The van der Waals surface area contributed by atoms with E-state index in [9.17, 15) is 14.9 Å². The van der Waals surface area contributed by atoms with Gasteiger partial charge >= 0.3 is 11.7 Å². The molecule has 0 bridgehead atoms. The molecular weight excluding hydrogens is 278 g/mol. The Morgan fingerprint density at radius 3 is 2.76 bits per heavy atom. The fourth-order valence-corrected chi connectivity index (χ4v) is 1.57. The molecule has 0 amide bonds. The molecule has 0 aliphatic heterocycles. The smallest absolute Gasteiger partial charge is 0.358 e. The number of carboxylic acid groups (broad SMARTS) is 1. The zero-order chi connectivity index (χ0) is 15.4. The monoisotopic (exact) mass is 285 g/mol. The number of nitrogens with zero attached hydrogens (tertiary/aromatic N) is 3. The normalized spacial score (nSPS) is 9.67. The molecule has 0 fully saturated rings. The number of benzene rings is 1. The van der Waals surface area contributed by atoms with E-state index in [4.69, 9.17) is 15.1 Å². The fraction of sp³-hybridized carbons (Fsp3) is 0. The molecule has 0 aliphatic rings. The summed E-state index contributed by atoms with van der Waals surface area (Å²) in [5.74, 6) is -1.62. The minimum atomic E-state index is -1.32. The highest BCUT2D eigenvalue weighted by atomic mass is 16.6. The summed E-state index contributed by atoms with van der Waals surface area (Å²) >= 11 is 0. The maximum atomic E-state index is 11.0. The van der Waals surface area contributed by atoms with Crippen molar-refractivity contribution in [3.63, 3.8) is 0 Å². The van der Waals surface area contributed by atoms with Crippen LogP contribution in [0.25, 0.3) is 0 Å². The van der Waals surface area contributed by atoms with E-state index in [1.807, 2.05) is 0 Å². The molecule has 1 aromatic carbocycles. The molecule has 21 heavy (non-hydrogen) atoms. The van der Waals surface area contributed by atoms with Gasteiger partial charge in [-0.1, -0.05) is 0 Å². The number of aromatic nitrogens is 1. The zero-order valence-corrected chi connectivity index (χ0v) is 10.4. The summed E-state index contributed by atoms with van der Waals surface area (Å²) in [7, 11) is 0. The second kappa shape index (κ2) is 5.66. The maximum absolute atomic E-state index is 11.0. The van der Waals surface area contributed by atoms with Crippen molar-refractivity contribution < 1.29 is 19.6 Å². The summed E-state index contributed by atoms with van der Waals surface area (Å²) in [6.07, 6.45) is 1.27. The maximum Gasteiger partial charge on any atom is 0.358 e. The number of nitro benzene ring substituents is 1. The Kier molecular flexibility index (Phi) is 3.76. The minimum absolute atomic E-state index is 0.0960. The van der Waals surface area contributed by atoms with E-state index in [1.54, 1.807) is 6.07 Å². The average Bonchev–Trinajstić information content (AvgIpc) is 2.47. The first-order valence-electron chi connectivity index (χ1n) is 5.57. The molecule has 0 spiro atoms. The van der Waals surface area contributed by atoms with E-state index in [-0.39, 0.29) is 22.8 Å². The molecule has 0 saturated heterocycles. The van der Waals surface area contributed by atoms with Gasteiger partial charge in [0.25, 0.3) is 0 Å². The topological polar surface area (TPSA) is 126 Å². The van der Waals surface area contributed by atoms with Gasteiger partial charge in [0.15, 0.2) is 11.4 Å². The van der Waals surface area contributed by atoms with Gasteiger partial charge in [-0.05, 0) is 24.3 Å². The lowest BCUT2D eigenvalue weighted by molar-refractivity contribution is -0.385. The van der Waals surface area contributed by atoms with Crippen LogP contribution in [0.4, 0.5) is 5.69 Å². The molecule has 1 heterocycles. The quantitative estimate of drug-likeness (QED) is 0.674. The summed E-state index contributed by atoms with van der Waals surface area (Å²) in [5.41, 5.74) is -0.705. The first-order valence-corrected chi connectivity index (χ1v) is 5.57. The zero-order valence-electron chi connectivity index (χ0n) is 10.4. The number of carbonyl (C=O) groups is 1. The lowest BCUT2D eigenvalue weighted by Gasteiger charge is -2.08. The van der Waals surface area contributed by atoms with E-state index < -0.39 is 16.6 Å². The second-order valence-corrected chi connectivity index (χ2v) is 3.81. The molecular formula is C13H7N3O5. The van der Waals surface area contributed by atoms with Gasteiger partial charge in [0.05, 0.1) is 16.6 Å². The van der Waals surface area contributed by atoms with Crippen LogP contribution in [0.15, 0.2) is 36.5 Å². The van der Waals surface area contributed by atoms with Gasteiger partial charge in [0.2, 0.25) is 5.75 Å². The van der Waals surface area contributed by atoms with Crippen LogP contribution in [0, 0.1) is 21.4 Å². The molecule has 0 saturated carbocycles. The van der Waals surface area contributed by atoms with Crippen molar-refractivity contribution in [2.24, 2.45) is 0 Å². The van der Waals surface area contributed by atoms with Crippen LogP contribution in [0.3, 0.4) is 0 Å². The molecule has 0 aliphatic carbocycles. The first kappa shape index (κ1) is 14.0. The molecule has 2 rings (SSSR count). The molecule has 2 aromatic rings. The summed E-state index contributed by atoms with van der Waals surface area (Å²) < 4.78 is 5.27. The molecule has 104 valence electrons. The third-order valence-corrected chi connectivity index (χ3v) is 2.48. The SMILES string of the molecule is N#Cc1ccc(Oc2cccnc2C(=O)O)c([N+](=O)[O-])c1. The van der Waals surface area contributed by atoms with E-state index in [0.717, 1.165) is 6.07 Å². The summed E-state index contributed by atoms with van der Waals surface area (Å²) in [6.45, 7) is 0. The van der Waals surface area contributed by atoms with E-state index >= 15 is 0 Å². The van der Waals surface area contributed by atoms with Crippen molar-refractivity contribution in [2.45, 2.75) is 0 Å². The highest BCUT2D eigenvalue weighted by molar-refractivity contribution is 5.88. The Bertz CT molecular complexity index is 767. The number of ether oxygens (including phenoxy) is 1. The predicted molar refractivity (Wildman–Crippen MR) is 69.1 cm³/mol. The Hall–Kier alpha value is -3.47. The van der Waals surface area contributed by atoms with Crippen LogP contribution in [-0.4, -0.2) is 21.0 Å². The fourth-order valence-electron chi connectivity index (χ4n) is 1.57. The Morgan fingerprint density at radius 2 is 2.14 bits per heavy atom. The van der Waals surface area contributed by atoms with Gasteiger partial charge in [-0.2, -0.15) is 5.26 Å². The van der Waals surface area contributed by atoms with Crippen LogP contribution in [0.2, 0.25) is 0 Å². The predicted octanol–water partition coefficient (Wildman–Crippen LogP) is 2.35. The number of hydrogen-bond acceptors (Lipinski definition) is 6. The lowest BCUT2D eigenvalue weighted by atomic mass is 10.2. The second-order valence-electron chi connectivity index (χ2n) is 3.81. The molecule has 1 aromatic heterocycles. The van der Waals surface area contributed by atoms with Crippen molar-refractivity contribution in [1.82, 2.24) is 4.98 Å². The van der Waals surface area contributed by atoms with E-state index in [2.05, 4.69) is 4.98 Å². The van der Waals surface area contributed by atoms with Gasteiger partial charge in [0.1, 0.15) is 0 Å². The number of pyridine rings is 1. The summed E-state index contributed by atoms with van der Waals surface area (Å²) in [4.78, 5) is 24.9. The first-order chi connectivity index (χ1) is 10.0. The van der Waals surface area contributed by atoms with Gasteiger partial charge in [-0.25, -0.2) is 9.78 Å². The number of carboxylic acids is 1. The van der Waals surface area contributed by atoms with Crippen molar-refractivity contribution in [1.29, 1.82) is 5.26 Å². The van der Waals surface area contributed by atoms with Crippen molar-refractivity contribution >= 4 is 11.7 Å². The lowest BCUT2D eigenvalue weighted by Crippen LogP contribution is -2.03. The highest BCUT2D eigenvalue weighted by Crippen LogP contribution is 2.33. The number of nitro groups is 1. The van der Waals surface area contributed by atoms with Gasteiger partial charge < -0.3 is 9.84 Å². The summed E-state index contributed by atoms with van der Waals surface area (Å²) in [6, 6.07) is 8.16. The highest BCUT2D eigenvalue weighted by Gasteiger charge is 2.20. The molecule has 0 atom stereocenters. The van der Waals surface area contributed by atoms with Gasteiger partial charge in [-0.15, -0.1) is 0 Å².